The zero-order valence-corrected chi connectivity index (χ0v) is 13.6. The van der Waals surface area contributed by atoms with Crippen LogP contribution in [-0.4, -0.2) is 26.8 Å². The molecule has 2 atom stereocenters. The maximum absolute atomic E-state index is 12.8. The van der Waals surface area contributed by atoms with Gasteiger partial charge in [-0.2, -0.15) is 13.2 Å². The largest absolute Gasteiger partial charge is 0.391 e. The summed E-state index contributed by atoms with van der Waals surface area (Å²) in [5, 5.41) is 3.25. The van der Waals surface area contributed by atoms with Crippen LogP contribution >= 0.6 is 0 Å². The van der Waals surface area contributed by atoms with Gasteiger partial charge in [-0.05, 0) is 37.8 Å². The smallest absolute Gasteiger partial charge is 0.310 e. The van der Waals surface area contributed by atoms with Gasteiger partial charge in [-0.3, -0.25) is 4.57 Å². The van der Waals surface area contributed by atoms with Crippen molar-refractivity contribution in [3.05, 3.63) is 42.1 Å². The van der Waals surface area contributed by atoms with Crippen molar-refractivity contribution >= 4 is 0 Å². The van der Waals surface area contributed by atoms with E-state index in [0.29, 0.717) is 13.0 Å². The predicted molar refractivity (Wildman–Crippen MR) is 84.7 cm³/mol. The quantitative estimate of drug-likeness (QED) is 0.922. The number of aromatic nitrogens is 3. The van der Waals surface area contributed by atoms with Crippen LogP contribution in [0.4, 0.5) is 13.2 Å². The second-order valence-electron chi connectivity index (χ2n) is 6.35. The summed E-state index contributed by atoms with van der Waals surface area (Å²) in [6.07, 6.45) is 3.08. The fourth-order valence-corrected chi connectivity index (χ4v) is 3.22. The summed E-state index contributed by atoms with van der Waals surface area (Å²) in [7, 11) is 0. The van der Waals surface area contributed by atoms with Gasteiger partial charge in [-0.25, -0.2) is 9.97 Å². The standard InChI is InChI=1S/C17H21F3N4/c1-12-21-7-8-24(12)16-6-5-13(11-23-16)10-22-15-4-2-3-14(9-15)17(18,19)20/h5-8,11,14-15,22H,2-4,9-10H2,1H3/t14-,15+/m1/s1. The molecule has 0 radical (unpaired) electrons. The lowest BCUT2D eigenvalue weighted by molar-refractivity contribution is -0.183. The minimum absolute atomic E-state index is 0.0825. The number of nitrogens with one attached hydrogen (secondary N) is 1. The van der Waals surface area contributed by atoms with E-state index in [1.807, 2.05) is 29.8 Å². The van der Waals surface area contributed by atoms with Crippen LogP contribution in [0.2, 0.25) is 0 Å². The van der Waals surface area contributed by atoms with Crippen LogP contribution in [-0.2, 0) is 6.54 Å². The predicted octanol–water partition coefficient (Wildman–Crippen LogP) is 3.79. The highest BCUT2D eigenvalue weighted by Crippen LogP contribution is 2.37. The van der Waals surface area contributed by atoms with Crippen LogP contribution in [0.25, 0.3) is 5.82 Å². The number of hydrogen-bond acceptors (Lipinski definition) is 3. The van der Waals surface area contributed by atoms with Crippen LogP contribution in [0.1, 0.15) is 37.1 Å². The molecule has 130 valence electrons. The fourth-order valence-electron chi connectivity index (χ4n) is 3.22. The van der Waals surface area contributed by atoms with Crippen LogP contribution in [0.5, 0.6) is 0 Å². The fraction of sp³-hybridized carbons (Fsp3) is 0.529. The van der Waals surface area contributed by atoms with Gasteiger partial charge in [-0.15, -0.1) is 0 Å². The molecule has 0 bridgehead atoms. The summed E-state index contributed by atoms with van der Waals surface area (Å²) in [6.45, 7) is 2.43. The molecule has 0 spiro atoms. The number of imidazole rings is 1. The third-order valence-corrected chi connectivity index (χ3v) is 4.61. The van der Waals surface area contributed by atoms with Crippen LogP contribution in [0.15, 0.2) is 30.7 Å². The first-order valence-electron chi connectivity index (χ1n) is 8.19. The number of pyridine rings is 1. The van der Waals surface area contributed by atoms with Gasteiger partial charge in [0.15, 0.2) is 0 Å². The Bertz CT molecular complexity index is 663. The first kappa shape index (κ1) is 17.0. The molecule has 1 saturated carbocycles. The van der Waals surface area contributed by atoms with Gasteiger partial charge in [0.2, 0.25) is 0 Å². The number of halogens is 3. The van der Waals surface area contributed by atoms with Gasteiger partial charge >= 0.3 is 6.18 Å². The maximum Gasteiger partial charge on any atom is 0.391 e. The summed E-state index contributed by atoms with van der Waals surface area (Å²) >= 11 is 0. The van der Waals surface area contributed by atoms with E-state index in [-0.39, 0.29) is 18.9 Å². The van der Waals surface area contributed by atoms with E-state index in [9.17, 15) is 13.2 Å². The van der Waals surface area contributed by atoms with E-state index in [2.05, 4.69) is 15.3 Å². The molecule has 1 aliphatic rings. The van der Waals surface area contributed by atoms with Crippen molar-refractivity contribution in [3.63, 3.8) is 0 Å². The molecule has 0 amide bonds. The second kappa shape index (κ2) is 6.93. The highest BCUT2D eigenvalue weighted by molar-refractivity contribution is 5.27. The van der Waals surface area contributed by atoms with Crippen molar-refractivity contribution in [1.82, 2.24) is 19.9 Å². The Labute approximate surface area is 139 Å². The Morgan fingerprint density at radius 3 is 2.71 bits per heavy atom. The van der Waals surface area contributed by atoms with E-state index in [4.69, 9.17) is 0 Å². The molecule has 24 heavy (non-hydrogen) atoms. The van der Waals surface area contributed by atoms with E-state index >= 15 is 0 Å². The van der Waals surface area contributed by atoms with E-state index < -0.39 is 12.1 Å². The molecule has 0 unspecified atom stereocenters. The number of hydrogen-bond donors (Lipinski definition) is 1. The molecule has 7 heteroatoms. The Kier molecular flexibility index (Phi) is 4.89. The number of rotatable bonds is 4. The molecule has 2 heterocycles. The van der Waals surface area contributed by atoms with E-state index in [1.54, 1.807) is 12.4 Å². The molecule has 1 N–H and O–H groups in total. The molecule has 1 aliphatic carbocycles. The van der Waals surface area contributed by atoms with Gasteiger partial charge in [0.05, 0.1) is 5.92 Å². The van der Waals surface area contributed by atoms with Gasteiger partial charge in [0.1, 0.15) is 11.6 Å². The lowest BCUT2D eigenvalue weighted by atomic mass is 9.85. The Morgan fingerprint density at radius 2 is 2.08 bits per heavy atom. The van der Waals surface area contributed by atoms with E-state index in [1.165, 1.54) is 0 Å². The normalized spacial score (nSPS) is 21.8. The molecule has 2 aromatic rings. The third-order valence-electron chi connectivity index (χ3n) is 4.61. The van der Waals surface area contributed by atoms with Gasteiger partial charge in [-0.1, -0.05) is 12.5 Å². The Hall–Kier alpha value is -1.89. The third kappa shape index (κ3) is 3.95. The topological polar surface area (TPSA) is 42.7 Å². The Balaban J connectivity index is 1.56. The average molecular weight is 338 g/mol. The highest BCUT2D eigenvalue weighted by Gasteiger charge is 2.41. The Morgan fingerprint density at radius 1 is 1.25 bits per heavy atom. The van der Waals surface area contributed by atoms with Gasteiger partial charge < -0.3 is 5.32 Å². The first-order valence-corrected chi connectivity index (χ1v) is 8.19. The van der Waals surface area contributed by atoms with Crippen molar-refractivity contribution < 1.29 is 13.2 Å². The summed E-state index contributed by atoms with van der Waals surface area (Å²) < 4.78 is 40.4. The van der Waals surface area contributed by atoms with Gasteiger partial charge in [0, 0.05) is 31.2 Å². The molecule has 4 nitrogen and oxygen atoms in total. The molecule has 2 aromatic heterocycles. The number of aryl methyl sites for hydroxylation is 1. The van der Waals surface area contributed by atoms with Crippen molar-refractivity contribution in [2.24, 2.45) is 5.92 Å². The van der Waals surface area contributed by atoms with Crippen LogP contribution in [0.3, 0.4) is 0 Å². The monoisotopic (exact) mass is 338 g/mol. The summed E-state index contributed by atoms with van der Waals surface area (Å²) in [5.41, 5.74) is 0.964. The minimum Gasteiger partial charge on any atom is -0.310 e. The lowest BCUT2D eigenvalue weighted by Gasteiger charge is -2.31. The SMILES string of the molecule is Cc1nccn1-c1ccc(CN[C@H]2CCC[C@@H](C(F)(F)F)C2)cn1. The number of nitrogens with zero attached hydrogens (tertiary/aromatic N) is 3. The molecule has 0 aromatic carbocycles. The zero-order valence-electron chi connectivity index (χ0n) is 13.6. The average Bonchev–Trinajstić information content (AvgIpc) is 2.99. The van der Waals surface area contributed by atoms with Crippen molar-refractivity contribution in [1.29, 1.82) is 0 Å². The van der Waals surface area contributed by atoms with Crippen molar-refractivity contribution in [2.75, 3.05) is 0 Å². The summed E-state index contributed by atoms with van der Waals surface area (Å²) in [6, 6.07) is 3.75. The zero-order chi connectivity index (χ0) is 17.2. The van der Waals surface area contributed by atoms with Crippen molar-refractivity contribution in [2.45, 2.75) is 51.4 Å². The van der Waals surface area contributed by atoms with Crippen LogP contribution in [0, 0.1) is 12.8 Å². The minimum atomic E-state index is -4.08. The summed E-state index contributed by atoms with van der Waals surface area (Å²) in [4.78, 5) is 8.56. The molecular formula is C17H21F3N4. The molecule has 1 fully saturated rings. The molecule has 3 rings (SSSR count). The number of alkyl halides is 3. The molecule has 0 aliphatic heterocycles. The first-order chi connectivity index (χ1) is 11.4. The molecule has 0 saturated heterocycles. The lowest BCUT2D eigenvalue weighted by Crippen LogP contribution is -2.38. The second-order valence-corrected chi connectivity index (χ2v) is 6.35. The van der Waals surface area contributed by atoms with Gasteiger partial charge in [0.25, 0.3) is 0 Å². The molecular weight excluding hydrogens is 317 g/mol. The van der Waals surface area contributed by atoms with Crippen LogP contribution < -0.4 is 5.32 Å². The highest BCUT2D eigenvalue weighted by atomic mass is 19.4. The maximum atomic E-state index is 12.8. The van der Waals surface area contributed by atoms with E-state index in [0.717, 1.165) is 23.6 Å². The summed E-state index contributed by atoms with van der Waals surface area (Å²) in [5.74, 6) is 0.464. The van der Waals surface area contributed by atoms with Crippen molar-refractivity contribution in [3.8, 4) is 5.82 Å².